The number of urea groups is 1. The molecule has 0 atom stereocenters. The second-order valence-electron chi connectivity index (χ2n) is 12.4. The number of anilines is 2. The Kier molecular flexibility index (Phi) is 12.5. The minimum Gasteiger partial charge on any atom is -0.457 e. The van der Waals surface area contributed by atoms with Gasteiger partial charge >= 0.3 is 6.03 Å². The molecular formula is C40H50N2O2. The first-order chi connectivity index (χ1) is 21.4. The Morgan fingerprint density at radius 3 is 1.84 bits per heavy atom. The van der Waals surface area contributed by atoms with Crippen LogP contribution in [0.25, 0.3) is 0 Å². The number of amides is 2. The predicted octanol–water partition coefficient (Wildman–Crippen LogP) is 11.9. The fourth-order valence-corrected chi connectivity index (χ4v) is 5.57. The minimum atomic E-state index is -0.131. The van der Waals surface area contributed by atoms with Crippen molar-refractivity contribution in [1.82, 2.24) is 0 Å². The Morgan fingerprint density at radius 1 is 0.659 bits per heavy atom. The van der Waals surface area contributed by atoms with E-state index in [2.05, 4.69) is 82.4 Å². The van der Waals surface area contributed by atoms with Crippen LogP contribution in [0.5, 0.6) is 11.5 Å². The highest BCUT2D eigenvalue weighted by Gasteiger charge is 2.21. The van der Waals surface area contributed by atoms with Gasteiger partial charge in [-0.05, 0) is 83.3 Å². The number of para-hydroxylation sites is 2. The Bertz CT molecular complexity index is 1400. The maximum Gasteiger partial charge on any atom is 0.326 e. The third-order valence-corrected chi connectivity index (χ3v) is 8.16. The molecule has 0 unspecified atom stereocenters. The predicted molar refractivity (Wildman–Crippen MR) is 186 cm³/mol. The van der Waals surface area contributed by atoms with Crippen LogP contribution in [-0.2, 0) is 13.0 Å². The van der Waals surface area contributed by atoms with Crippen molar-refractivity contribution < 1.29 is 9.53 Å². The van der Waals surface area contributed by atoms with Gasteiger partial charge in [0, 0.05) is 11.4 Å². The van der Waals surface area contributed by atoms with E-state index < -0.39 is 0 Å². The molecule has 44 heavy (non-hydrogen) atoms. The average Bonchev–Trinajstić information content (AvgIpc) is 3.03. The molecule has 0 bridgehead atoms. The lowest BCUT2D eigenvalue weighted by Crippen LogP contribution is -2.35. The van der Waals surface area contributed by atoms with E-state index in [-0.39, 0.29) is 17.9 Å². The maximum absolute atomic E-state index is 14.1. The summed E-state index contributed by atoms with van der Waals surface area (Å²) < 4.78 is 6.00. The lowest BCUT2D eigenvalue weighted by Gasteiger charge is -2.27. The van der Waals surface area contributed by atoms with Crippen LogP contribution in [0.2, 0.25) is 0 Å². The van der Waals surface area contributed by atoms with Gasteiger partial charge in [0.05, 0.1) is 6.54 Å². The number of aryl methyl sites for hydroxylation is 1. The molecule has 4 rings (SSSR count). The Hall–Kier alpha value is -4.05. The Balaban J connectivity index is 1.55. The normalized spacial score (nSPS) is 11.2. The van der Waals surface area contributed by atoms with E-state index in [9.17, 15) is 4.79 Å². The highest BCUT2D eigenvalue weighted by molar-refractivity contribution is 6.02. The minimum absolute atomic E-state index is 0.131. The van der Waals surface area contributed by atoms with Gasteiger partial charge in [0.15, 0.2) is 0 Å². The number of hydrogen-bond acceptors (Lipinski definition) is 2. The second kappa shape index (κ2) is 16.7. The zero-order chi connectivity index (χ0) is 31.3. The molecule has 232 valence electrons. The van der Waals surface area contributed by atoms with E-state index in [1.165, 1.54) is 44.1 Å². The van der Waals surface area contributed by atoms with Crippen LogP contribution < -0.4 is 15.0 Å². The number of ether oxygens (including phenoxy) is 1. The molecule has 0 saturated carbocycles. The molecule has 4 aromatic rings. The molecule has 0 heterocycles. The van der Waals surface area contributed by atoms with Crippen LogP contribution in [0.3, 0.4) is 0 Å². The van der Waals surface area contributed by atoms with E-state index in [0.717, 1.165) is 46.0 Å². The molecule has 0 aromatic heterocycles. The van der Waals surface area contributed by atoms with E-state index >= 15 is 0 Å². The number of hydrogen-bond donors (Lipinski definition) is 1. The van der Waals surface area contributed by atoms with Gasteiger partial charge in [0.1, 0.15) is 11.5 Å². The molecule has 4 heteroatoms. The maximum atomic E-state index is 14.1. The fraction of sp³-hybridized carbons (Fsp3) is 0.375. The smallest absolute Gasteiger partial charge is 0.326 e. The summed E-state index contributed by atoms with van der Waals surface area (Å²) in [7, 11) is 0. The highest BCUT2D eigenvalue weighted by Crippen LogP contribution is 2.33. The van der Waals surface area contributed by atoms with Gasteiger partial charge in [-0.3, -0.25) is 4.90 Å². The van der Waals surface area contributed by atoms with Crippen molar-refractivity contribution in [2.24, 2.45) is 0 Å². The third kappa shape index (κ3) is 9.47. The summed E-state index contributed by atoms with van der Waals surface area (Å²) >= 11 is 0. The number of nitrogens with one attached hydrogen (secondary N) is 1. The van der Waals surface area contributed by atoms with Crippen molar-refractivity contribution in [3.63, 3.8) is 0 Å². The van der Waals surface area contributed by atoms with Crippen molar-refractivity contribution in [1.29, 1.82) is 0 Å². The van der Waals surface area contributed by atoms with Gasteiger partial charge in [-0.1, -0.05) is 127 Å². The van der Waals surface area contributed by atoms with Crippen molar-refractivity contribution >= 4 is 17.4 Å². The molecule has 0 aliphatic rings. The van der Waals surface area contributed by atoms with Crippen LogP contribution in [0.1, 0.15) is 107 Å². The second-order valence-corrected chi connectivity index (χ2v) is 12.4. The number of benzene rings is 4. The van der Waals surface area contributed by atoms with Crippen LogP contribution in [0.4, 0.5) is 16.2 Å². The molecular weight excluding hydrogens is 540 g/mol. The van der Waals surface area contributed by atoms with Gasteiger partial charge in [-0.2, -0.15) is 0 Å². The standard InChI is InChI=1S/C40H50N2O2/c1-6-7-8-9-10-12-16-32-21-25-34(26-22-32)42(29-33-23-27-36(28-24-33)44-35-17-13-11-14-18-35)40(43)41-39-37(30(2)3)19-15-20-38(39)31(4)5/h11,13-15,17-28,30-31H,6-10,12,16,29H2,1-5H3,(H,41,43). The van der Waals surface area contributed by atoms with E-state index in [1.54, 1.807) is 0 Å². The first-order valence-corrected chi connectivity index (χ1v) is 16.5. The number of unbranched alkanes of at least 4 members (excludes halogenated alkanes) is 5. The van der Waals surface area contributed by atoms with Crippen molar-refractivity contribution in [2.75, 3.05) is 10.2 Å². The van der Waals surface area contributed by atoms with Gasteiger partial charge in [-0.25, -0.2) is 4.79 Å². The number of carbonyl (C=O) groups is 1. The lowest BCUT2D eigenvalue weighted by molar-refractivity contribution is 0.256. The highest BCUT2D eigenvalue weighted by atomic mass is 16.5. The Morgan fingerprint density at radius 2 is 1.23 bits per heavy atom. The van der Waals surface area contributed by atoms with Gasteiger partial charge in [0.25, 0.3) is 0 Å². The van der Waals surface area contributed by atoms with Crippen LogP contribution >= 0.6 is 0 Å². The SMILES string of the molecule is CCCCCCCCc1ccc(N(Cc2ccc(Oc3ccccc3)cc2)C(=O)Nc2c(C(C)C)cccc2C(C)C)cc1. The summed E-state index contributed by atoms with van der Waals surface area (Å²) in [5, 5.41) is 3.34. The molecule has 4 aromatic carbocycles. The summed E-state index contributed by atoms with van der Waals surface area (Å²) in [6.45, 7) is 11.4. The van der Waals surface area contributed by atoms with Gasteiger partial charge in [0.2, 0.25) is 0 Å². The lowest BCUT2D eigenvalue weighted by atomic mass is 9.93. The van der Waals surface area contributed by atoms with Crippen LogP contribution in [-0.4, -0.2) is 6.03 Å². The summed E-state index contributed by atoms with van der Waals surface area (Å²) in [6.07, 6.45) is 8.79. The molecule has 0 radical (unpaired) electrons. The Labute approximate surface area is 265 Å². The molecule has 0 spiro atoms. The zero-order valence-electron chi connectivity index (χ0n) is 27.3. The summed E-state index contributed by atoms with van der Waals surface area (Å²) in [5.41, 5.74) is 6.46. The first-order valence-electron chi connectivity index (χ1n) is 16.5. The molecule has 2 amide bonds. The average molecular weight is 591 g/mol. The van der Waals surface area contributed by atoms with Gasteiger partial charge < -0.3 is 10.1 Å². The summed E-state index contributed by atoms with van der Waals surface area (Å²) in [5.74, 6) is 2.14. The number of carbonyl (C=O) groups excluding carboxylic acids is 1. The molecule has 0 aliphatic heterocycles. The molecule has 0 saturated heterocycles. The van der Waals surface area contributed by atoms with E-state index in [1.807, 2.05) is 59.5 Å². The summed E-state index contributed by atoms with van der Waals surface area (Å²) in [4.78, 5) is 16.0. The summed E-state index contributed by atoms with van der Waals surface area (Å²) in [6, 6.07) is 32.5. The molecule has 0 aliphatic carbocycles. The van der Waals surface area contributed by atoms with Crippen LogP contribution in [0.15, 0.2) is 97.1 Å². The monoisotopic (exact) mass is 590 g/mol. The van der Waals surface area contributed by atoms with Crippen molar-refractivity contribution in [3.8, 4) is 11.5 Å². The van der Waals surface area contributed by atoms with Crippen molar-refractivity contribution in [3.05, 3.63) is 119 Å². The van der Waals surface area contributed by atoms with E-state index in [4.69, 9.17) is 4.74 Å². The van der Waals surface area contributed by atoms with Gasteiger partial charge in [-0.15, -0.1) is 0 Å². The first kappa shape index (κ1) is 32.9. The molecule has 0 fully saturated rings. The number of rotatable bonds is 15. The van der Waals surface area contributed by atoms with Crippen molar-refractivity contribution in [2.45, 2.75) is 97.9 Å². The quantitative estimate of drug-likeness (QED) is 0.140. The number of nitrogens with zero attached hydrogens (tertiary/aromatic N) is 1. The zero-order valence-corrected chi connectivity index (χ0v) is 27.3. The topological polar surface area (TPSA) is 41.6 Å². The fourth-order valence-electron chi connectivity index (χ4n) is 5.57. The molecule has 4 nitrogen and oxygen atoms in total. The van der Waals surface area contributed by atoms with Crippen LogP contribution in [0, 0.1) is 0 Å². The largest absolute Gasteiger partial charge is 0.457 e. The molecule has 1 N–H and O–H groups in total. The third-order valence-electron chi connectivity index (χ3n) is 8.16. The van der Waals surface area contributed by atoms with E-state index in [0.29, 0.717) is 6.54 Å².